The van der Waals surface area contributed by atoms with Gasteiger partial charge in [0.2, 0.25) is 0 Å². The van der Waals surface area contributed by atoms with E-state index in [1.807, 2.05) is 17.0 Å². The minimum atomic E-state index is 0.183. The molecule has 3 heteroatoms. The molecule has 1 aromatic rings. The molecule has 0 spiro atoms. The van der Waals surface area contributed by atoms with Crippen molar-refractivity contribution in [3.63, 3.8) is 0 Å². The first kappa shape index (κ1) is 15.9. The molecule has 1 amide bonds. The highest BCUT2D eigenvalue weighted by Gasteiger charge is 2.27. The van der Waals surface area contributed by atoms with Crippen LogP contribution in [0, 0.1) is 12.8 Å². The van der Waals surface area contributed by atoms with E-state index in [-0.39, 0.29) is 5.91 Å². The van der Waals surface area contributed by atoms with Gasteiger partial charge in [0, 0.05) is 25.3 Å². The number of aryl methyl sites for hydroxylation is 1. The average Bonchev–Trinajstić information content (AvgIpc) is 3.28. The number of amides is 1. The Balaban J connectivity index is 2.18. The van der Waals surface area contributed by atoms with Crippen LogP contribution in [0.25, 0.3) is 0 Å². The molecule has 0 unspecified atom stereocenters. The Labute approximate surface area is 128 Å². The molecule has 1 fully saturated rings. The van der Waals surface area contributed by atoms with Gasteiger partial charge >= 0.3 is 0 Å². The van der Waals surface area contributed by atoms with E-state index in [9.17, 15) is 4.79 Å². The van der Waals surface area contributed by atoms with E-state index >= 15 is 0 Å². The highest BCUT2D eigenvalue weighted by Crippen LogP contribution is 2.31. The van der Waals surface area contributed by atoms with Crippen molar-refractivity contribution in [3.05, 3.63) is 29.3 Å². The van der Waals surface area contributed by atoms with E-state index in [1.54, 1.807) is 0 Å². The number of anilines is 1. The third kappa shape index (κ3) is 4.48. The fourth-order valence-electron chi connectivity index (χ4n) is 2.58. The van der Waals surface area contributed by atoms with E-state index in [2.05, 4.69) is 32.2 Å². The SMILES string of the molecule is CCCNc1cc(C)ccc1C(=O)N(CCC)CC1CC1. The van der Waals surface area contributed by atoms with Gasteiger partial charge in [0.15, 0.2) is 0 Å². The van der Waals surface area contributed by atoms with Gasteiger partial charge in [-0.3, -0.25) is 4.79 Å². The maximum atomic E-state index is 12.9. The van der Waals surface area contributed by atoms with E-state index in [1.165, 1.54) is 18.4 Å². The molecule has 0 radical (unpaired) electrons. The lowest BCUT2D eigenvalue weighted by atomic mass is 10.1. The van der Waals surface area contributed by atoms with Crippen LogP contribution in [0.15, 0.2) is 18.2 Å². The number of benzene rings is 1. The van der Waals surface area contributed by atoms with Gasteiger partial charge in [-0.15, -0.1) is 0 Å². The molecule has 1 N–H and O–H groups in total. The summed E-state index contributed by atoms with van der Waals surface area (Å²) in [5, 5.41) is 3.40. The van der Waals surface area contributed by atoms with Crippen molar-refractivity contribution in [1.29, 1.82) is 0 Å². The largest absolute Gasteiger partial charge is 0.384 e. The first-order valence-corrected chi connectivity index (χ1v) is 8.29. The Bertz CT molecular complexity index is 480. The maximum Gasteiger partial charge on any atom is 0.255 e. The summed E-state index contributed by atoms with van der Waals surface area (Å²) >= 11 is 0. The van der Waals surface area contributed by atoms with Crippen molar-refractivity contribution >= 4 is 11.6 Å². The second kappa shape index (κ2) is 7.48. The number of hydrogen-bond acceptors (Lipinski definition) is 2. The summed E-state index contributed by atoms with van der Waals surface area (Å²) in [5.74, 6) is 0.917. The van der Waals surface area contributed by atoms with Gasteiger partial charge in [-0.1, -0.05) is 19.9 Å². The minimum Gasteiger partial charge on any atom is -0.384 e. The highest BCUT2D eigenvalue weighted by molar-refractivity contribution is 5.99. The second-order valence-corrected chi connectivity index (χ2v) is 6.17. The zero-order valence-corrected chi connectivity index (χ0v) is 13.6. The van der Waals surface area contributed by atoms with Crippen LogP contribution in [0.4, 0.5) is 5.69 Å². The van der Waals surface area contributed by atoms with Gasteiger partial charge in [0.05, 0.1) is 5.56 Å². The number of carbonyl (C=O) groups excluding carboxylic acids is 1. The summed E-state index contributed by atoms with van der Waals surface area (Å²) in [4.78, 5) is 14.9. The van der Waals surface area contributed by atoms with Gasteiger partial charge in [-0.25, -0.2) is 0 Å². The van der Waals surface area contributed by atoms with E-state index in [0.29, 0.717) is 0 Å². The lowest BCUT2D eigenvalue weighted by Crippen LogP contribution is -2.34. The molecule has 0 aliphatic heterocycles. The first-order valence-electron chi connectivity index (χ1n) is 8.29. The molecular formula is C18H28N2O. The molecule has 0 aromatic heterocycles. The molecule has 1 saturated carbocycles. The molecule has 116 valence electrons. The van der Waals surface area contributed by atoms with Gasteiger partial charge < -0.3 is 10.2 Å². The van der Waals surface area contributed by atoms with Gasteiger partial charge in [-0.2, -0.15) is 0 Å². The van der Waals surface area contributed by atoms with Crippen LogP contribution in [-0.4, -0.2) is 30.4 Å². The van der Waals surface area contributed by atoms with E-state index < -0.39 is 0 Å². The quantitative estimate of drug-likeness (QED) is 0.781. The van der Waals surface area contributed by atoms with E-state index in [4.69, 9.17) is 0 Å². The standard InChI is InChI=1S/C18H28N2O/c1-4-10-19-17-12-14(3)6-9-16(17)18(21)20(11-5-2)13-15-7-8-15/h6,9,12,15,19H,4-5,7-8,10-11,13H2,1-3H3. The monoisotopic (exact) mass is 288 g/mol. The van der Waals surface area contributed by atoms with Crippen molar-refractivity contribution < 1.29 is 4.79 Å². The molecule has 1 aliphatic rings. The van der Waals surface area contributed by atoms with Crippen molar-refractivity contribution in [3.8, 4) is 0 Å². The molecule has 0 atom stereocenters. The maximum absolute atomic E-state index is 12.9. The number of carbonyl (C=O) groups is 1. The van der Waals surface area contributed by atoms with Crippen LogP contribution >= 0.6 is 0 Å². The molecule has 0 saturated heterocycles. The molecule has 0 bridgehead atoms. The fraction of sp³-hybridized carbons (Fsp3) is 0.611. The van der Waals surface area contributed by atoms with Crippen LogP contribution < -0.4 is 5.32 Å². The lowest BCUT2D eigenvalue weighted by Gasteiger charge is -2.24. The van der Waals surface area contributed by atoms with Crippen LogP contribution in [0.2, 0.25) is 0 Å². The third-order valence-corrected chi connectivity index (χ3v) is 3.93. The minimum absolute atomic E-state index is 0.183. The summed E-state index contributed by atoms with van der Waals surface area (Å²) in [7, 11) is 0. The Hall–Kier alpha value is -1.51. The van der Waals surface area contributed by atoms with Gasteiger partial charge in [0.25, 0.3) is 5.91 Å². The Morgan fingerprint density at radius 1 is 1.29 bits per heavy atom. The van der Waals surface area contributed by atoms with Crippen LogP contribution in [0.5, 0.6) is 0 Å². The summed E-state index contributed by atoms with van der Waals surface area (Å²) in [5.41, 5.74) is 3.00. The van der Waals surface area contributed by atoms with Gasteiger partial charge in [-0.05, 0) is 56.2 Å². The molecule has 1 aromatic carbocycles. The number of rotatable bonds is 8. The molecule has 21 heavy (non-hydrogen) atoms. The molecule has 1 aliphatic carbocycles. The smallest absolute Gasteiger partial charge is 0.255 e. The third-order valence-electron chi connectivity index (χ3n) is 3.93. The molecule has 2 rings (SSSR count). The van der Waals surface area contributed by atoms with Crippen LogP contribution in [0.3, 0.4) is 0 Å². The fourth-order valence-corrected chi connectivity index (χ4v) is 2.58. The van der Waals surface area contributed by atoms with Crippen molar-refractivity contribution in [2.45, 2.75) is 46.5 Å². The van der Waals surface area contributed by atoms with Gasteiger partial charge in [0.1, 0.15) is 0 Å². The first-order chi connectivity index (χ1) is 10.2. The van der Waals surface area contributed by atoms with Crippen LogP contribution in [0.1, 0.15) is 55.5 Å². The van der Waals surface area contributed by atoms with Crippen molar-refractivity contribution in [1.82, 2.24) is 4.90 Å². The molecule has 0 heterocycles. The highest BCUT2D eigenvalue weighted by atomic mass is 16.2. The summed E-state index contributed by atoms with van der Waals surface area (Å²) in [6, 6.07) is 6.10. The van der Waals surface area contributed by atoms with Crippen molar-refractivity contribution in [2.75, 3.05) is 25.0 Å². The van der Waals surface area contributed by atoms with E-state index in [0.717, 1.165) is 49.6 Å². The zero-order valence-electron chi connectivity index (χ0n) is 13.6. The predicted octanol–water partition coefficient (Wildman–Crippen LogP) is 4.08. The summed E-state index contributed by atoms with van der Waals surface area (Å²) in [6.07, 6.45) is 4.63. The normalized spacial score (nSPS) is 14.0. The topological polar surface area (TPSA) is 32.3 Å². The zero-order chi connectivity index (χ0) is 15.2. The number of nitrogens with zero attached hydrogens (tertiary/aromatic N) is 1. The summed E-state index contributed by atoms with van der Waals surface area (Å²) < 4.78 is 0. The molecule has 3 nitrogen and oxygen atoms in total. The average molecular weight is 288 g/mol. The summed E-state index contributed by atoms with van der Waals surface area (Å²) in [6.45, 7) is 9.03. The lowest BCUT2D eigenvalue weighted by molar-refractivity contribution is 0.0748. The Morgan fingerprint density at radius 2 is 2.05 bits per heavy atom. The molecular weight excluding hydrogens is 260 g/mol. The van der Waals surface area contributed by atoms with Crippen molar-refractivity contribution in [2.24, 2.45) is 5.92 Å². The number of nitrogens with one attached hydrogen (secondary N) is 1. The second-order valence-electron chi connectivity index (χ2n) is 6.17. The van der Waals surface area contributed by atoms with Crippen LogP contribution in [-0.2, 0) is 0 Å². The predicted molar refractivity (Wildman–Crippen MR) is 88.9 cm³/mol. The number of hydrogen-bond donors (Lipinski definition) is 1. The Kier molecular flexibility index (Phi) is 5.66. The Morgan fingerprint density at radius 3 is 2.67 bits per heavy atom.